The minimum atomic E-state index is -4.11. The van der Waals surface area contributed by atoms with Crippen molar-refractivity contribution in [3.05, 3.63) is 59.7 Å². The van der Waals surface area contributed by atoms with Gasteiger partial charge in [0.1, 0.15) is 11.5 Å². The fraction of sp³-hybridized carbons (Fsp3) is 0.333. The SMILES string of the molecule is O=C(C[C@H]1NS(=O)(=O)Oc2cc(C(=O)N3CCCCC3)ccc21)Oc1ccccc1. The van der Waals surface area contributed by atoms with Crippen molar-refractivity contribution in [2.45, 2.75) is 31.7 Å². The van der Waals surface area contributed by atoms with Crippen LogP contribution >= 0.6 is 0 Å². The van der Waals surface area contributed by atoms with Crippen LogP contribution in [0.1, 0.15) is 47.6 Å². The molecule has 0 spiro atoms. The first-order valence-corrected chi connectivity index (χ1v) is 11.2. The number of rotatable bonds is 4. The van der Waals surface area contributed by atoms with Crippen LogP contribution in [0.4, 0.5) is 0 Å². The summed E-state index contributed by atoms with van der Waals surface area (Å²) in [6.07, 6.45) is 2.79. The summed E-state index contributed by atoms with van der Waals surface area (Å²) in [7, 11) is -4.11. The number of hydrogen-bond acceptors (Lipinski definition) is 6. The van der Waals surface area contributed by atoms with Gasteiger partial charge in [-0.2, -0.15) is 13.1 Å². The Balaban J connectivity index is 1.54. The molecule has 0 aliphatic carbocycles. The predicted octanol–water partition coefficient (Wildman–Crippen LogP) is 2.58. The van der Waals surface area contributed by atoms with Crippen LogP contribution in [0, 0.1) is 0 Å². The van der Waals surface area contributed by atoms with Gasteiger partial charge in [0, 0.05) is 24.2 Å². The third kappa shape index (κ3) is 4.63. The Morgan fingerprint density at radius 3 is 2.53 bits per heavy atom. The topological polar surface area (TPSA) is 102 Å². The summed E-state index contributed by atoms with van der Waals surface area (Å²) >= 11 is 0. The number of nitrogens with one attached hydrogen (secondary N) is 1. The molecule has 4 rings (SSSR count). The molecule has 2 aliphatic heterocycles. The van der Waals surface area contributed by atoms with Crippen LogP contribution in [0.2, 0.25) is 0 Å². The molecule has 0 radical (unpaired) electrons. The Kier molecular flexibility index (Phi) is 5.74. The van der Waals surface area contributed by atoms with Gasteiger partial charge in [0.05, 0.1) is 12.5 Å². The molecule has 2 heterocycles. The van der Waals surface area contributed by atoms with E-state index in [1.807, 2.05) is 0 Å². The van der Waals surface area contributed by atoms with Gasteiger partial charge in [0.15, 0.2) is 0 Å². The zero-order valence-electron chi connectivity index (χ0n) is 16.2. The molecular weight excluding hydrogens is 408 g/mol. The molecule has 1 atom stereocenters. The highest BCUT2D eigenvalue weighted by atomic mass is 32.2. The zero-order chi connectivity index (χ0) is 21.1. The molecule has 1 N–H and O–H groups in total. The Morgan fingerprint density at radius 2 is 1.80 bits per heavy atom. The first-order valence-electron chi connectivity index (χ1n) is 9.82. The smallest absolute Gasteiger partial charge is 0.383 e. The summed E-state index contributed by atoms with van der Waals surface area (Å²) in [5, 5.41) is 0. The maximum absolute atomic E-state index is 12.7. The van der Waals surface area contributed by atoms with Crippen molar-refractivity contribution in [1.82, 2.24) is 9.62 Å². The highest BCUT2D eigenvalue weighted by Gasteiger charge is 2.33. The number of piperidine rings is 1. The molecule has 1 amide bonds. The average Bonchev–Trinajstić information content (AvgIpc) is 2.73. The van der Waals surface area contributed by atoms with Crippen molar-refractivity contribution in [3.8, 4) is 11.5 Å². The molecule has 158 valence electrons. The van der Waals surface area contributed by atoms with E-state index in [0.29, 0.717) is 30.0 Å². The molecule has 8 nitrogen and oxygen atoms in total. The lowest BCUT2D eigenvalue weighted by molar-refractivity contribution is -0.134. The number of esters is 1. The van der Waals surface area contributed by atoms with Crippen molar-refractivity contribution in [1.29, 1.82) is 0 Å². The number of likely N-dealkylation sites (tertiary alicyclic amines) is 1. The lowest BCUT2D eigenvalue weighted by Crippen LogP contribution is -2.39. The molecular formula is C21H22N2O6S. The van der Waals surface area contributed by atoms with E-state index >= 15 is 0 Å². The fourth-order valence-electron chi connectivity index (χ4n) is 3.67. The first kappa shape index (κ1) is 20.4. The van der Waals surface area contributed by atoms with Gasteiger partial charge in [-0.25, -0.2) is 0 Å². The summed E-state index contributed by atoms with van der Waals surface area (Å²) in [5.74, 6) is -0.318. The van der Waals surface area contributed by atoms with Crippen LogP contribution in [-0.2, 0) is 15.1 Å². The van der Waals surface area contributed by atoms with Gasteiger partial charge in [-0.1, -0.05) is 24.3 Å². The molecule has 2 aromatic rings. The number of hydrogen-bond donors (Lipinski definition) is 1. The number of benzene rings is 2. The molecule has 0 aromatic heterocycles. The number of ether oxygens (including phenoxy) is 1. The fourth-order valence-corrected chi connectivity index (χ4v) is 4.65. The van der Waals surface area contributed by atoms with Gasteiger partial charge in [0.25, 0.3) is 5.91 Å². The maximum atomic E-state index is 12.7. The zero-order valence-corrected chi connectivity index (χ0v) is 17.1. The molecule has 0 unspecified atom stereocenters. The Morgan fingerprint density at radius 1 is 1.07 bits per heavy atom. The monoisotopic (exact) mass is 430 g/mol. The number of fused-ring (bicyclic) bond motifs is 1. The second-order valence-corrected chi connectivity index (χ2v) is 8.62. The summed E-state index contributed by atoms with van der Waals surface area (Å²) in [5.41, 5.74) is 0.836. The first-order chi connectivity index (χ1) is 14.4. The molecule has 9 heteroatoms. The second-order valence-electron chi connectivity index (χ2n) is 7.30. The molecule has 1 saturated heterocycles. The van der Waals surface area contributed by atoms with Crippen molar-refractivity contribution in [3.63, 3.8) is 0 Å². The van der Waals surface area contributed by atoms with E-state index in [1.165, 1.54) is 6.07 Å². The molecule has 0 saturated carbocycles. The predicted molar refractivity (Wildman–Crippen MR) is 108 cm³/mol. The Hall–Kier alpha value is -2.91. The summed E-state index contributed by atoms with van der Waals surface area (Å²) in [4.78, 5) is 26.8. The van der Waals surface area contributed by atoms with Gasteiger partial charge < -0.3 is 13.8 Å². The Bertz CT molecular complexity index is 1050. The highest BCUT2D eigenvalue weighted by molar-refractivity contribution is 7.85. The van der Waals surface area contributed by atoms with Crippen LogP contribution in [0.3, 0.4) is 0 Å². The number of para-hydroxylation sites is 1. The lowest BCUT2D eigenvalue weighted by atomic mass is 10.0. The largest absolute Gasteiger partial charge is 0.426 e. The van der Waals surface area contributed by atoms with E-state index in [-0.39, 0.29) is 18.1 Å². The third-order valence-corrected chi connectivity index (χ3v) is 6.08. The van der Waals surface area contributed by atoms with E-state index in [1.54, 1.807) is 47.4 Å². The minimum Gasteiger partial charge on any atom is -0.426 e. The van der Waals surface area contributed by atoms with Crippen molar-refractivity contribution in [2.24, 2.45) is 0 Å². The number of nitrogens with zero attached hydrogens (tertiary/aromatic N) is 1. The van der Waals surface area contributed by atoms with Gasteiger partial charge in [-0.05, 0) is 43.5 Å². The van der Waals surface area contributed by atoms with E-state index in [9.17, 15) is 18.0 Å². The quantitative estimate of drug-likeness (QED) is 0.591. The maximum Gasteiger partial charge on any atom is 0.383 e. The molecule has 0 bridgehead atoms. The molecule has 1 fully saturated rings. The van der Waals surface area contributed by atoms with Crippen molar-refractivity contribution >= 4 is 22.2 Å². The number of amides is 1. The van der Waals surface area contributed by atoms with Crippen LogP contribution in [0.5, 0.6) is 11.5 Å². The van der Waals surface area contributed by atoms with Crippen LogP contribution in [0.15, 0.2) is 48.5 Å². The van der Waals surface area contributed by atoms with Crippen molar-refractivity contribution < 1.29 is 26.9 Å². The normalized spacial score (nSPS) is 20.0. The average molecular weight is 430 g/mol. The summed E-state index contributed by atoms with van der Waals surface area (Å²) in [6, 6.07) is 12.4. The summed E-state index contributed by atoms with van der Waals surface area (Å²) < 4.78 is 37.0. The number of carbonyl (C=O) groups is 2. The summed E-state index contributed by atoms with van der Waals surface area (Å²) in [6.45, 7) is 1.37. The highest BCUT2D eigenvalue weighted by Crippen LogP contribution is 2.34. The third-order valence-electron chi connectivity index (χ3n) is 5.11. The standard InChI is InChI=1S/C21H22N2O6S/c24-20(28-16-7-3-1-4-8-16)14-18-17-10-9-15(13-19(17)29-30(26,27)22-18)21(25)23-11-5-2-6-12-23/h1,3-4,7-10,13,18,22H,2,5-6,11-12,14H2/t18-/m1/s1. The van der Waals surface area contributed by atoms with E-state index < -0.39 is 22.3 Å². The van der Waals surface area contributed by atoms with Crippen LogP contribution in [-0.4, -0.2) is 38.3 Å². The molecule has 2 aromatic carbocycles. The van der Waals surface area contributed by atoms with E-state index in [0.717, 1.165) is 19.3 Å². The van der Waals surface area contributed by atoms with Gasteiger partial charge in [-0.15, -0.1) is 0 Å². The second kappa shape index (κ2) is 8.45. The van der Waals surface area contributed by atoms with E-state index in [2.05, 4.69) is 4.72 Å². The van der Waals surface area contributed by atoms with E-state index in [4.69, 9.17) is 8.92 Å². The van der Waals surface area contributed by atoms with Crippen molar-refractivity contribution in [2.75, 3.05) is 13.1 Å². The number of carbonyl (C=O) groups excluding carboxylic acids is 2. The molecule has 2 aliphatic rings. The Labute approximate surface area is 175 Å². The van der Waals surface area contributed by atoms with Crippen LogP contribution < -0.4 is 13.6 Å². The minimum absolute atomic E-state index is 0.0501. The molecule has 30 heavy (non-hydrogen) atoms. The lowest BCUT2D eigenvalue weighted by Gasteiger charge is -2.28. The van der Waals surface area contributed by atoms with Gasteiger partial charge in [0.2, 0.25) is 0 Å². The van der Waals surface area contributed by atoms with Gasteiger partial charge in [-0.3, -0.25) is 9.59 Å². The van der Waals surface area contributed by atoms with Gasteiger partial charge >= 0.3 is 16.3 Å². The van der Waals surface area contributed by atoms with Crippen LogP contribution in [0.25, 0.3) is 0 Å².